The molecular formula is C23H30N6O2. The van der Waals surface area contributed by atoms with Crippen LogP contribution < -0.4 is 10.2 Å². The summed E-state index contributed by atoms with van der Waals surface area (Å²) < 4.78 is 0. The van der Waals surface area contributed by atoms with Gasteiger partial charge in [-0.15, -0.1) is 0 Å². The van der Waals surface area contributed by atoms with E-state index in [-0.39, 0.29) is 18.4 Å². The Balaban J connectivity index is 1.63. The minimum Gasteiger partial charge on any atom is -0.358 e. The maximum absolute atomic E-state index is 13.5. The van der Waals surface area contributed by atoms with E-state index in [1.807, 2.05) is 25.1 Å². The number of likely N-dealkylation sites (N-methyl/N-ethyl adjacent to an activating group) is 1. The average molecular weight is 423 g/mol. The molecule has 2 aliphatic heterocycles. The van der Waals surface area contributed by atoms with Gasteiger partial charge in [0.05, 0.1) is 5.69 Å². The van der Waals surface area contributed by atoms with E-state index >= 15 is 0 Å². The molecule has 1 atom stereocenters. The SMILES string of the molecule is CNC(=O)C1(c2ccccn2)CCCN(C(=O)c2cc(C)nc(N3CCCCC3)n2)C1. The minimum absolute atomic E-state index is 0.114. The van der Waals surface area contributed by atoms with Crippen molar-refractivity contribution >= 4 is 17.8 Å². The van der Waals surface area contributed by atoms with Gasteiger partial charge in [-0.3, -0.25) is 14.6 Å². The fourth-order valence-corrected chi connectivity index (χ4v) is 4.68. The Morgan fingerprint density at radius 1 is 1.06 bits per heavy atom. The van der Waals surface area contributed by atoms with E-state index in [0.29, 0.717) is 30.3 Å². The van der Waals surface area contributed by atoms with Gasteiger partial charge in [0.25, 0.3) is 5.91 Å². The Morgan fingerprint density at radius 2 is 1.87 bits per heavy atom. The summed E-state index contributed by atoms with van der Waals surface area (Å²) in [6.45, 7) is 4.60. The van der Waals surface area contributed by atoms with Crippen molar-refractivity contribution in [1.82, 2.24) is 25.2 Å². The van der Waals surface area contributed by atoms with Crippen LogP contribution >= 0.6 is 0 Å². The molecule has 0 aliphatic carbocycles. The van der Waals surface area contributed by atoms with E-state index < -0.39 is 5.41 Å². The molecule has 31 heavy (non-hydrogen) atoms. The Bertz CT molecular complexity index is 944. The molecule has 0 radical (unpaired) electrons. The van der Waals surface area contributed by atoms with Crippen LogP contribution in [0.2, 0.25) is 0 Å². The van der Waals surface area contributed by atoms with Crippen molar-refractivity contribution < 1.29 is 9.59 Å². The van der Waals surface area contributed by atoms with E-state index in [4.69, 9.17) is 0 Å². The van der Waals surface area contributed by atoms with Crippen molar-refractivity contribution in [2.75, 3.05) is 38.1 Å². The molecule has 4 heterocycles. The van der Waals surface area contributed by atoms with Crippen molar-refractivity contribution in [2.24, 2.45) is 0 Å². The van der Waals surface area contributed by atoms with E-state index in [0.717, 1.165) is 38.0 Å². The summed E-state index contributed by atoms with van der Waals surface area (Å²) in [5.74, 6) is 0.353. The third-order valence-corrected chi connectivity index (χ3v) is 6.30. The summed E-state index contributed by atoms with van der Waals surface area (Å²) in [5.41, 5.74) is 1.00. The number of carbonyl (C=O) groups excluding carboxylic acids is 2. The third kappa shape index (κ3) is 4.24. The average Bonchev–Trinajstić information content (AvgIpc) is 2.83. The number of likely N-dealkylation sites (tertiary alicyclic amines) is 1. The first kappa shape index (κ1) is 21.2. The molecule has 2 saturated heterocycles. The van der Waals surface area contributed by atoms with Crippen LogP contribution in [-0.4, -0.2) is 64.9 Å². The lowest BCUT2D eigenvalue weighted by atomic mass is 9.75. The summed E-state index contributed by atoms with van der Waals surface area (Å²) in [4.78, 5) is 44.0. The Labute approximate surface area is 183 Å². The molecule has 2 aromatic heterocycles. The summed E-state index contributed by atoms with van der Waals surface area (Å²) >= 11 is 0. The van der Waals surface area contributed by atoms with Crippen LogP contribution in [-0.2, 0) is 10.2 Å². The molecule has 8 heteroatoms. The molecular weight excluding hydrogens is 392 g/mol. The number of hydrogen-bond acceptors (Lipinski definition) is 6. The third-order valence-electron chi connectivity index (χ3n) is 6.30. The largest absolute Gasteiger partial charge is 0.358 e. The molecule has 1 N–H and O–H groups in total. The fraction of sp³-hybridized carbons (Fsp3) is 0.522. The summed E-state index contributed by atoms with van der Waals surface area (Å²) in [7, 11) is 1.63. The number of nitrogens with zero attached hydrogens (tertiary/aromatic N) is 5. The van der Waals surface area contributed by atoms with Gasteiger partial charge in [-0.1, -0.05) is 6.07 Å². The van der Waals surface area contributed by atoms with Crippen molar-refractivity contribution in [2.45, 2.75) is 44.4 Å². The molecule has 2 amide bonds. The van der Waals surface area contributed by atoms with E-state index in [2.05, 4.69) is 25.2 Å². The molecule has 0 aromatic carbocycles. The highest BCUT2D eigenvalue weighted by Crippen LogP contribution is 2.34. The monoisotopic (exact) mass is 422 g/mol. The molecule has 0 bridgehead atoms. The molecule has 164 valence electrons. The normalized spacial score (nSPS) is 21.6. The van der Waals surface area contributed by atoms with Gasteiger partial charge in [-0.05, 0) is 57.2 Å². The van der Waals surface area contributed by atoms with Crippen molar-refractivity contribution in [1.29, 1.82) is 0 Å². The first-order chi connectivity index (χ1) is 15.0. The molecule has 2 aromatic rings. The molecule has 0 saturated carbocycles. The standard InChI is InChI=1S/C23H30N6O2/c1-17-15-18(27-22(26-17)28-12-6-3-7-13-28)20(30)29-14-8-10-23(16-29,21(31)24-2)19-9-4-5-11-25-19/h4-5,9,11,15H,3,6-8,10,12-14,16H2,1-2H3,(H,24,31). The molecule has 4 rings (SSSR count). The van der Waals surface area contributed by atoms with Crippen molar-refractivity contribution in [3.63, 3.8) is 0 Å². The van der Waals surface area contributed by atoms with Crippen LogP contribution in [0.3, 0.4) is 0 Å². The summed E-state index contributed by atoms with van der Waals surface area (Å²) in [6.07, 6.45) is 6.52. The number of anilines is 1. The van der Waals surface area contributed by atoms with Crippen LogP contribution in [0.1, 0.15) is 54.0 Å². The van der Waals surface area contributed by atoms with Crippen molar-refractivity contribution in [3.8, 4) is 0 Å². The second-order valence-electron chi connectivity index (χ2n) is 8.45. The van der Waals surface area contributed by atoms with Crippen LogP contribution in [0.4, 0.5) is 5.95 Å². The zero-order valence-corrected chi connectivity index (χ0v) is 18.3. The number of rotatable bonds is 4. The number of hydrogen-bond donors (Lipinski definition) is 1. The Hall–Kier alpha value is -3.03. The predicted molar refractivity (Wildman–Crippen MR) is 118 cm³/mol. The van der Waals surface area contributed by atoms with Gasteiger partial charge < -0.3 is 15.1 Å². The topological polar surface area (TPSA) is 91.3 Å². The molecule has 0 spiro atoms. The van der Waals surface area contributed by atoms with Gasteiger partial charge in [0.2, 0.25) is 11.9 Å². The summed E-state index contributed by atoms with van der Waals surface area (Å²) in [6, 6.07) is 7.32. The van der Waals surface area contributed by atoms with Gasteiger partial charge >= 0.3 is 0 Å². The first-order valence-electron chi connectivity index (χ1n) is 11.1. The lowest BCUT2D eigenvalue weighted by molar-refractivity contribution is -0.128. The van der Waals surface area contributed by atoms with Gasteiger partial charge in [-0.2, -0.15) is 0 Å². The molecule has 1 unspecified atom stereocenters. The number of aryl methyl sites for hydroxylation is 1. The summed E-state index contributed by atoms with van der Waals surface area (Å²) in [5, 5.41) is 2.79. The maximum Gasteiger partial charge on any atom is 0.272 e. The van der Waals surface area contributed by atoms with Crippen LogP contribution in [0.25, 0.3) is 0 Å². The lowest BCUT2D eigenvalue weighted by Crippen LogP contribution is -2.56. The zero-order valence-electron chi connectivity index (χ0n) is 18.3. The smallest absolute Gasteiger partial charge is 0.272 e. The highest BCUT2D eigenvalue weighted by molar-refractivity contribution is 5.94. The fourth-order valence-electron chi connectivity index (χ4n) is 4.68. The second kappa shape index (κ2) is 8.99. The van der Waals surface area contributed by atoms with Crippen LogP contribution in [0.15, 0.2) is 30.5 Å². The van der Waals surface area contributed by atoms with E-state index in [1.54, 1.807) is 24.2 Å². The predicted octanol–water partition coefficient (Wildman–Crippen LogP) is 2.09. The van der Waals surface area contributed by atoms with E-state index in [9.17, 15) is 9.59 Å². The van der Waals surface area contributed by atoms with Crippen LogP contribution in [0.5, 0.6) is 0 Å². The Morgan fingerprint density at radius 3 is 2.58 bits per heavy atom. The number of pyridine rings is 1. The number of carbonyl (C=O) groups is 2. The quantitative estimate of drug-likeness (QED) is 0.811. The maximum atomic E-state index is 13.5. The number of amides is 2. The van der Waals surface area contributed by atoms with Gasteiger partial charge in [0, 0.05) is 45.1 Å². The number of nitrogens with one attached hydrogen (secondary N) is 1. The molecule has 8 nitrogen and oxygen atoms in total. The van der Waals surface area contributed by atoms with Gasteiger partial charge in [0.1, 0.15) is 11.1 Å². The highest BCUT2D eigenvalue weighted by atomic mass is 16.2. The number of piperidine rings is 2. The van der Waals surface area contributed by atoms with Crippen LogP contribution in [0, 0.1) is 6.92 Å². The minimum atomic E-state index is -0.859. The lowest BCUT2D eigenvalue weighted by Gasteiger charge is -2.41. The van der Waals surface area contributed by atoms with Crippen molar-refractivity contribution in [3.05, 3.63) is 47.5 Å². The zero-order chi connectivity index (χ0) is 21.8. The first-order valence-corrected chi connectivity index (χ1v) is 11.1. The van der Waals surface area contributed by atoms with Gasteiger partial charge in [-0.25, -0.2) is 9.97 Å². The highest BCUT2D eigenvalue weighted by Gasteiger charge is 2.46. The molecule has 2 fully saturated rings. The number of aromatic nitrogens is 3. The van der Waals surface area contributed by atoms with E-state index in [1.165, 1.54) is 6.42 Å². The molecule has 2 aliphatic rings. The Kier molecular flexibility index (Phi) is 6.15. The van der Waals surface area contributed by atoms with Gasteiger partial charge in [0.15, 0.2) is 0 Å². The second-order valence-corrected chi connectivity index (χ2v) is 8.45.